The number of sulfonamides is 1. The second-order valence-corrected chi connectivity index (χ2v) is 6.77. The standard InChI is InChI=1S/C13H17FN2O4S.ClH/c1-16(10-5-6-15-8-10)21(18,19)12-4-3-9(14)7-11(12)13(17)20-2;/h3-4,7,10,15H,5-6,8H2,1-2H3;1H. The Morgan fingerprint density at radius 2 is 2.14 bits per heavy atom. The van der Waals surface area contributed by atoms with E-state index in [1.165, 1.54) is 11.4 Å². The zero-order valence-electron chi connectivity index (χ0n) is 12.2. The molecule has 1 N–H and O–H groups in total. The van der Waals surface area contributed by atoms with Crippen LogP contribution in [0, 0.1) is 5.82 Å². The lowest BCUT2D eigenvalue weighted by Gasteiger charge is -2.24. The Hall–Kier alpha value is -1.22. The highest BCUT2D eigenvalue weighted by molar-refractivity contribution is 7.89. The van der Waals surface area contributed by atoms with E-state index in [2.05, 4.69) is 10.1 Å². The Balaban J connectivity index is 0.00000242. The predicted molar refractivity (Wildman–Crippen MR) is 81.2 cm³/mol. The first-order valence-electron chi connectivity index (χ1n) is 6.44. The van der Waals surface area contributed by atoms with Crippen LogP contribution < -0.4 is 5.32 Å². The second-order valence-electron chi connectivity index (χ2n) is 4.80. The Kier molecular flexibility index (Phi) is 6.30. The van der Waals surface area contributed by atoms with Gasteiger partial charge in [-0.3, -0.25) is 0 Å². The quantitative estimate of drug-likeness (QED) is 0.819. The molecule has 1 fully saturated rings. The number of halogens is 2. The van der Waals surface area contributed by atoms with Crippen molar-refractivity contribution in [3.05, 3.63) is 29.6 Å². The van der Waals surface area contributed by atoms with Crippen molar-refractivity contribution in [2.45, 2.75) is 17.4 Å². The van der Waals surface area contributed by atoms with E-state index in [0.717, 1.165) is 31.9 Å². The molecule has 2 rings (SSSR count). The first-order valence-corrected chi connectivity index (χ1v) is 7.88. The minimum Gasteiger partial charge on any atom is -0.465 e. The molecule has 1 saturated heterocycles. The maximum absolute atomic E-state index is 13.3. The summed E-state index contributed by atoms with van der Waals surface area (Å²) in [6.45, 7) is 1.28. The van der Waals surface area contributed by atoms with Gasteiger partial charge in [-0.05, 0) is 31.2 Å². The molecule has 9 heteroatoms. The molecular weight excluding hydrogens is 335 g/mol. The minimum atomic E-state index is -3.90. The highest BCUT2D eigenvalue weighted by Gasteiger charge is 2.33. The number of nitrogens with zero attached hydrogens (tertiary/aromatic N) is 1. The van der Waals surface area contributed by atoms with E-state index < -0.39 is 21.8 Å². The van der Waals surface area contributed by atoms with Crippen LogP contribution in [0.4, 0.5) is 4.39 Å². The monoisotopic (exact) mass is 352 g/mol. The van der Waals surface area contributed by atoms with Crippen LogP contribution in [0.5, 0.6) is 0 Å². The molecule has 0 saturated carbocycles. The van der Waals surface area contributed by atoms with Gasteiger partial charge in [0.2, 0.25) is 10.0 Å². The fourth-order valence-corrected chi connectivity index (χ4v) is 3.84. The molecule has 1 aromatic rings. The number of carbonyl (C=O) groups is 1. The normalized spacial score (nSPS) is 18.1. The van der Waals surface area contributed by atoms with Gasteiger partial charge < -0.3 is 10.1 Å². The predicted octanol–water partition coefficient (Wildman–Crippen LogP) is 1.02. The molecule has 1 heterocycles. The largest absolute Gasteiger partial charge is 0.465 e. The molecule has 1 aliphatic rings. The van der Waals surface area contributed by atoms with Crippen LogP contribution in [-0.2, 0) is 14.8 Å². The van der Waals surface area contributed by atoms with Crippen LogP contribution in [0.15, 0.2) is 23.1 Å². The maximum atomic E-state index is 13.3. The molecule has 22 heavy (non-hydrogen) atoms. The van der Waals surface area contributed by atoms with Gasteiger partial charge in [0.25, 0.3) is 0 Å². The average molecular weight is 353 g/mol. The van der Waals surface area contributed by atoms with Crippen molar-refractivity contribution in [1.29, 1.82) is 0 Å². The molecule has 0 bridgehead atoms. The lowest BCUT2D eigenvalue weighted by molar-refractivity contribution is 0.0595. The van der Waals surface area contributed by atoms with Gasteiger partial charge in [-0.2, -0.15) is 4.31 Å². The van der Waals surface area contributed by atoms with Crippen LogP contribution in [-0.4, -0.2) is 52.0 Å². The van der Waals surface area contributed by atoms with Crippen molar-refractivity contribution < 1.29 is 22.3 Å². The van der Waals surface area contributed by atoms with E-state index in [1.54, 1.807) is 0 Å². The third-order valence-corrected chi connectivity index (χ3v) is 5.52. The molecule has 1 unspecified atom stereocenters. The number of methoxy groups -OCH3 is 1. The smallest absolute Gasteiger partial charge is 0.339 e. The van der Waals surface area contributed by atoms with E-state index in [9.17, 15) is 17.6 Å². The first-order chi connectivity index (χ1) is 9.87. The molecule has 0 spiro atoms. The van der Waals surface area contributed by atoms with Crippen molar-refractivity contribution in [2.24, 2.45) is 0 Å². The molecule has 0 aromatic heterocycles. The summed E-state index contributed by atoms with van der Waals surface area (Å²) in [6, 6.07) is 2.79. The number of nitrogens with one attached hydrogen (secondary N) is 1. The van der Waals surface area contributed by atoms with Gasteiger partial charge in [-0.1, -0.05) is 0 Å². The van der Waals surface area contributed by atoms with Gasteiger partial charge in [0.15, 0.2) is 0 Å². The van der Waals surface area contributed by atoms with Crippen LogP contribution in [0.25, 0.3) is 0 Å². The van der Waals surface area contributed by atoms with Gasteiger partial charge >= 0.3 is 5.97 Å². The summed E-state index contributed by atoms with van der Waals surface area (Å²) in [5.74, 6) is -1.58. The van der Waals surface area contributed by atoms with Gasteiger partial charge in [-0.15, -0.1) is 12.4 Å². The van der Waals surface area contributed by atoms with E-state index in [-0.39, 0.29) is 28.9 Å². The summed E-state index contributed by atoms with van der Waals surface area (Å²) in [4.78, 5) is 11.4. The van der Waals surface area contributed by atoms with E-state index in [1.807, 2.05) is 0 Å². The highest BCUT2D eigenvalue weighted by Crippen LogP contribution is 2.24. The number of ether oxygens (including phenoxy) is 1. The van der Waals surface area contributed by atoms with Crippen LogP contribution in [0.1, 0.15) is 16.8 Å². The molecule has 0 radical (unpaired) electrons. The number of carbonyl (C=O) groups excluding carboxylic acids is 1. The molecule has 1 aliphatic heterocycles. The number of likely N-dealkylation sites (N-methyl/N-ethyl adjacent to an activating group) is 1. The highest BCUT2D eigenvalue weighted by atomic mass is 35.5. The summed E-state index contributed by atoms with van der Waals surface area (Å²) in [5.41, 5.74) is -0.296. The lowest BCUT2D eigenvalue weighted by Crippen LogP contribution is -2.39. The Bertz CT molecular complexity index is 647. The topological polar surface area (TPSA) is 75.7 Å². The van der Waals surface area contributed by atoms with Crippen LogP contribution in [0.2, 0.25) is 0 Å². The van der Waals surface area contributed by atoms with Crippen molar-refractivity contribution in [3.63, 3.8) is 0 Å². The van der Waals surface area contributed by atoms with Crippen LogP contribution >= 0.6 is 12.4 Å². The zero-order chi connectivity index (χ0) is 15.6. The summed E-state index contributed by atoms with van der Waals surface area (Å²) < 4.78 is 44.3. The second kappa shape index (κ2) is 7.36. The fraction of sp³-hybridized carbons (Fsp3) is 0.462. The number of hydrogen-bond donors (Lipinski definition) is 1. The van der Waals surface area contributed by atoms with Crippen LogP contribution in [0.3, 0.4) is 0 Å². The first kappa shape index (κ1) is 18.8. The summed E-state index contributed by atoms with van der Waals surface area (Å²) in [6.07, 6.45) is 0.685. The van der Waals surface area contributed by atoms with Crippen molar-refractivity contribution >= 4 is 28.4 Å². The molecule has 1 atom stereocenters. The van der Waals surface area contributed by atoms with Gasteiger partial charge in [0.05, 0.1) is 17.6 Å². The van der Waals surface area contributed by atoms with E-state index in [4.69, 9.17) is 0 Å². The fourth-order valence-electron chi connectivity index (χ4n) is 2.30. The summed E-state index contributed by atoms with van der Waals surface area (Å²) in [7, 11) is -1.32. The maximum Gasteiger partial charge on any atom is 0.339 e. The van der Waals surface area contributed by atoms with E-state index >= 15 is 0 Å². The Morgan fingerprint density at radius 3 is 2.68 bits per heavy atom. The van der Waals surface area contributed by atoms with Gasteiger partial charge in [-0.25, -0.2) is 17.6 Å². The molecule has 0 amide bonds. The third-order valence-electron chi connectivity index (χ3n) is 3.55. The minimum absolute atomic E-state index is 0. The lowest BCUT2D eigenvalue weighted by atomic mass is 10.2. The molecule has 0 aliphatic carbocycles. The number of rotatable bonds is 4. The Labute approximate surface area is 135 Å². The summed E-state index contributed by atoms with van der Waals surface area (Å²) >= 11 is 0. The Morgan fingerprint density at radius 1 is 1.45 bits per heavy atom. The van der Waals surface area contributed by atoms with E-state index in [0.29, 0.717) is 13.0 Å². The van der Waals surface area contributed by atoms with Crippen molar-refractivity contribution in [3.8, 4) is 0 Å². The molecule has 124 valence electrons. The molecule has 6 nitrogen and oxygen atoms in total. The van der Waals surface area contributed by atoms with Gasteiger partial charge in [0.1, 0.15) is 5.82 Å². The third kappa shape index (κ3) is 3.57. The SMILES string of the molecule is COC(=O)c1cc(F)ccc1S(=O)(=O)N(C)C1CCNC1.Cl. The molecular formula is C13H18ClFN2O4S. The zero-order valence-corrected chi connectivity index (χ0v) is 13.8. The van der Waals surface area contributed by atoms with Crippen molar-refractivity contribution in [2.75, 3.05) is 27.2 Å². The number of esters is 1. The number of benzene rings is 1. The average Bonchev–Trinajstić information content (AvgIpc) is 2.99. The summed E-state index contributed by atoms with van der Waals surface area (Å²) in [5, 5.41) is 3.08. The number of hydrogen-bond acceptors (Lipinski definition) is 5. The van der Waals surface area contributed by atoms with Gasteiger partial charge in [0, 0.05) is 19.6 Å². The van der Waals surface area contributed by atoms with Crippen molar-refractivity contribution in [1.82, 2.24) is 9.62 Å². The molecule has 1 aromatic carbocycles.